The highest BCUT2D eigenvalue weighted by Gasteiger charge is 2.28. The second-order valence-corrected chi connectivity index (χ2v) is 5.06. The number of nitrogens with zero attached hydrogens (tertiary/aromatic N) is 2. The van der Waals surface area contributed by atoms with Gasteiger partial charge in [0, 0.05) is 19.1 Å². The molecule has 2 aromatic heterocycles. The first-order valence-electron chi connectivity index (χ1n) is 7.13. The van der Waals surface area contributed by atoms with E-state index in [1.807, 2.05) is 12.1 Å². The number of amides is 1. The van der Waals surface area contributed by atoms with Crippen LogP contribution in [0.1, 0.15) is 47.4 Å². The largest absolute Gasteiger partial charge is 0.467 e. The summed E-state index contributed by atoms with van der Waals surface area (Å²) >= 11 is 0. The standard InChI is InChI=1S/C14H18N4O3/c19-14(13-16-12(17-18-13)10-4-5-10)15-6-2-7-20-9-11-3-1-8-21-11/h1,3,8,10H,2,4-7,9H2,(H,15,19)(H,16,17,18). The highest BCUT2D eigenvalue weighted by molar-refractivity contribution is 5.90. The molecule has 2 aromatic rings. The zero-order valence-electron chi connectivity index (χ0n) is 11.7. The summed E-state index contributed by atoms with van der Waals surface area (Å²) in [5, 5.41) is 9.53. The van der Waals surface area contributed by atoms with Crippen LogP contribution < -0.4 is 5.32 Å². The minimum Gasteiger partial charge on any atom is -0.467 e. The average Bonchev–Trinajstić information content (AvgIpc) is 3.02. The van der Waals surface area contributed by atoms with E-state index in [1.54, 1.807) is 6.26 Å². The van der Waals surface area contributed by atoms with E-state index < -0.39 is 0 Å². The van der Waals surface area contributed by atoms with Crippen molar-refractivity contribution in [2.45, 2.75) is 31.8 Å². The van der Waals surface area contributed by atoms with Gasteiger partial charge in [-0.3, -0.25) is 9.89 Å². The Morgan fingerprint density at radius 3 is 3.19 bits per heavy atom. The van der Waals surface area contributed by atoms with Crippen molar-refractivity contribution in [1.82, 2.24) is 20.5 Å². The van der Waals surface area contributed by atoms with Crippen molar-refractivity contribution in [2.24, 2.45) is 0 Å². The summed E-state index contributed by atoms with van der Waals surface area (Å²) in [6.45, 7) is 1.54. The van der Waals surface area contributed by atoms with E-state index in [9.17, 15) is 4.79 Å². The molecule has 3 rings (SSSR count). The number of H-pyrrole nitrogens is 1. The maximum absolute atomic E-state index is 11.8. The first-order valence-corrected chi connectivity index (χ1v) is 7.13. The van der Waals surface area contributed by atoms with Gasteiger partial charge < -0.3 is 14.5 Å². The van der Waals surface area contributed by atoms with Gasteiger partial charge in [0.2, 0.25) is 5.82 Å². The van der Waals surface area contributed by atoms with Crippen molar-refractivity contribution in [1.29, 1.82) is 0 Å². The van der Waals surface area contributed by atoms with Gasteiger partial charge in [0.25, 0.3) is 5.91 Å². The van der Waals surface area contributed by atoms with Crippen LogP contribution in [0, 0.1) is 0 Å². The summed E-state index contributed by atoms with van der Waals surface area (Å²) in [4.78, 5) is 16.0. The van der Waals surface area contributed by atoms with Crippen LogP contribution in [0.4, 0.5) is 0 Å². The van der Waals surface area contributed by atoms with Crippen LogP contribution in [0.5, 0.6) is 0 Å². The quantitative estimate of drug-likeness (QED) is 0.720. The lowest BCUT2D eigenvalue weighted by Crippen LogP contribution is -2.26. The number of carbonyl (C=O) groups is 1. The topological polar surface area (TPSA) is 93.0 Å². The molecule has 2 N–H and O–H groups in total. The molecule has 0 aliphatic heterocycles. The second-order valence-electron chi connectivity index (χ2n) is 5.06. The maximum Gasteiger partial charge on any atom is 0.290 e. The van der Waals surface area contributed by atoms with Crippen molar-refractivity contribution in [2.75, 3.05) is 13.2 Å². The summed E-state index contributed by atoms with van der Waals surface area (Å²) < 4.78 is 10.6. The molecular formula is C14H18N4O3. The molecule has 1 aliphatic rings. The lowest BCUT2D eigenvalue weighted by atomic mass is 10.4. The van der Waals surface area contributed by atoms with Crippen molar-refractivity contribution in [3.05, 3.63) is 35.8 Å². The van der Waals surface area contributed by atoms with E-state index in [4.69, 9.17) is 9.15 Å². The van der Waals surface area contributed by atoms with Gasteiger partial charge in [-0.05, 0) is 31.4 Å². The highest BCUT2D eigenvalue weighted by atomic mass is 16.5. The Morgan fingerprint density at radius 1 is 1.52 bits per heavy atom. The predicted octanol–water partition coefficient (Wildman–Crippen LogP) is 1.61. The van der Waals surface area contributed by atoms with Gasteiger partial charge in [-0.2, -0.15) is 0 Å². The second kappa shape index (κ2) is 6.53. The molecule has 0 saturated heterocycles. The van der Waals surface area contributed by atoms with Crippen LogP contribution in [0.15, 0.2) is 22.8 Å². The van der Waals surface area contributed by atoms with Crippen LogP contribution >= 0.6 is 0 Å². The van der Waals surface area contributed by atoms with E-state index in [2.05, 4.69) is 20.5 Å². The minimum absolute atomic E-state index is 0.216. The molecule has 0 aromatic carbocycles. The van der Waals surface area contributed by atoms with E-state index in [0.29, 0.717) is 25.7 Å². The average molecular weight is 290 g/mol. The molecule has 0 spiro atoms. The number of aromatic nitrogens is 3. The number of nitrogens with one attached hydrogen (secondary N) is 2. The molecule has 0 atom stereocenters. The first kappa shape index (κ1) is 13.8. The van der Waals surface area contributed by atoms with Crippen LogP contribution in [-0.4, -0.2) is 34.2 Å². The lowest BCUT2D eigenvalue weighted by Gasteiger charge is -2.03. The molecule has 1 fully saturated rings. The van der Waals surface area contributed by atoms with Gasteiger partial charge in [-0.1, -0.05) is 0 Å². The van der Waals surface area contributed by atoms with E-state index in [-0.39, 0.29) is 11.7 Å². The minimum atomic E-state index is -0.246. The molecular weight excluding hydrogens is 272 g/mol. The Hall–Kier alpha value is -2.15. The summed E-state index contributed by atoms with van der Waals surface area (Å²) in [6, 6.07) is 3.69. The van der Waals surface area contributed by atoms with Crippen molar-refractivity contribution >= 4 is 5.91 Å². The normalized spacial score (nSPS) is 14.3. The lowest BCUT2D eigenvalue weighted by molar-refractivity contribution is 0.0909. The molecule has 0 bridgehead atoms. The fraction of sp³-hybridized carbons (Fsp3) is 0.500. The van der Waals surface area contributed by atoms with Crippen molar-refractivity contribution < 1.29 is 13.9 Å². The van der Waals surface area contributed by atoms with Crippen LogP contribution in [0.25, 0.3) is 0 Å². The SMILES string of the molecule is O=C(NCCCOCc1ccco1)c1n[nH]c(C2CC2)n1. The van der Waals surface area contributed by atoms with Crippen LogP contribution in [-0.2, 0) is 11.3 Å². The molecule has 2 heterocycles. The van der Waals surface area contributed by atoms with Gasteiger partial charge >= 0.3 is 0 Å². The van der Waals surface area contributed by atoms with E-state index >= 15 is 0 Å². The van der Waals surface area contributed by atoms with Gasteiger partial charge in [-0.15, -0.1) is 5.10 Å². The molecule has 1 amide bonds. The van der Waals surface area contributed by atoms with Crippen molar-refractivity contribution in [3.63, 3.8) is 0 Å². The number of carbonyl (C=O) groups excluding carboxylic acids is 1. The Morgan fingerprint density at radius 2 is 2.43 bits per heavy atom. The maximum atomic E-state index is 11.8. The summed E-state index contributed by atoms with van der Waals surface area (Å²) in [7, 11) is 0. The Balaban J connectivity index is 1.30. The number of ether oxygens (including phenoxy) is 1. The van der Waals surface area contributed by atoms with Crippen molar-refractivity contribution in [3.8, 4) is 0 Å². The fourth-order valence-corrected chi connectivity index (χ4v) is 1.94. The number of hydrogen-bond acceptors (Lipinski definition) is 5. The zero-order chi connectivity index (χ0) is 14.5. The summed E-state index contributed by atoms with van der Waals surface area (Å²) in [5.41, 5.74) is 0. The van der Waals surface area contributed by atoms with Gasteiger partial charge in [-0.25, -0.2) is 4.98 Å². The van der Waals surface area contributed by atoms with Crippen LogP contribution in [0.3, 0.4) is 0 Å². The van der Waals surface area contributed by atoms with Gasteiger partial charge in [0.1, 0.15) is 18.2 Å². The number of hydrogen-bond donors (Lipinski definition) is 2. The third-order valence-corrected chi connectivity index (χ3v) is 3.25. The van der Waals surface area contributed by atoms with E-state index in [1.165, 1.54) is 0 Å². The highest BCUT2D eigenvalue weighted by Crippen LogP contribution is 2.37. The molecule has 7 nitrogen and oxygen atoms in total. The fourth-order valence-electron chi connectivity index (χ4n) is 1.94. The zero-order valence-corrected chi connectivity index (χ0v) is 11.7. The Kier molecular flexibility index (Phi) is 4.30. The molecule has 1 saturated carbocycles. The predicted molar refractivity (Wildman–Crippen MR) is 73.7 cm³/mol. The summed E-state index contributed by atoms with van der Waals surface area (Å²) in [6.07, 6.45) is 4.60. The Bertz CT molecular complexity index is 575. The van der Waals surface area contributed by atoms with Gasteiger partial charge in [0.05, 0.1) is 6.26 Å². The third-order valence-electron chi connectivity index (χ3n) is 3.25. The van der Waals surface area contributed by atoms with Crippen LogP contribution in [0.2, 0.25) is 0 Å². The number of aromatic amines is 1. The third kappa shape index (κ3) is 3.91. The number of rotatable bonds is 8. The summed E-state index contributed by atoms with van der Waals surface area (Å²) in [5.74, 6) is 2.06. The first-order chi connectivity index (χ1) is 10.3. The Labute approximate surface area is 122 Å². The smallest absolute Gasteiger partial charge is 0.290 e. The van der Waals surface area contributed by atoms with Gasteiger partial charge in [0.15, 0.2) is 0 Å². The molecule has 0 radical (unpaired) electrons. The van der Waals surface area contributed by atoms with E-state index in [0.717, 1.165) is 30.8 Å². The molecule has 112 valence electrons. The molecule has 7 heteroatoms. The molecule has 0 unspecified atom stereocenters. The number of furan rings is 1. The molecule has 21 heavy (non-hydrogen) atoms. The molecule has 1 aliphatic carbocycles. The monoisotopic (exact) mass is 290 g/mol.